The zero-order valence-corrected chi connectivity index (χ0v) is 10.8. The highest BCUT2D eigenvalue weighted by Gasteiger charge is 2.29. The van der Waals surface area contributed by atoms with Crippen molar-refractivity contribution in [3.05, 3.63) is 0 Å². The topological polar surface area (TPSA) is 21.3 Å². The first-order chi connectivity index (χ1) is 7.19. The molecule has 1 N–H and O–H groups in total. The molecule has 0 saturated carbocycles. The summed E-state index contributed by atoms with van der Waals surface area (Å²) in [6.07, 6.45) is 5.52. The van der Waals surface area contributed by atoms with E-state index in [-0.39, 0.29) is 0 Å². The Morgan fingerprint density at radius 3 is 2.67 bits per heavy atom. The van der Waals surface area contributed by atoms with Crippen molar-refractivity contribution < 1.29 is 4.74 Å². The fraction of sp³-hybridized carbons (Fsp3) is 1.00. The Kier molecular flexibility index (Phi) is 5.62. The van der Waals surface area contributed by atoms with E-state index in [0.29, 0.717) is 18.1 Å². The molecule has 1 heterocycles. The van der Waals surface area contributed by atoms with Crippen molar-refractivity contribution in [2.24, 2.45) is 11.8 Å². The highest BCUT2D eigenvalue weighted by Crippen LogP contribution is 2.28. The number of hydrogen-bond donors (Lipinski definition) is 1. The van der Waals surface area contributed by atoms with Crippen molar-refractivity contribution in [3.63, 3.8) is 0 Å². The quantitative estimate of drug-likeness (QED) is 0.758. The van der Waals surface area contributed by atoms with Gasteiger partial charge < -0.3 is 10.1 Å². The van der Waals surface area contributed by atoms with Gasteiger partial charge in [0.05, 0.1) is 6.10 Å². The largest absolute Gasteiger partial charge is 0.378 e. The monoisotopic (exact) mass is 213 g/mol. The Labute approximate surface area is 94.8 Å². The Hall–Kier alpha value is -0.0800. The zero-order chi connectivity index (χ0) is 11.3. The van der Waals surface area contributed by atoms with Crippen LogP contribution in [0.2, 0.25) is 0 Å². The second-order valence-corrected chi connectivity index (χ2v) is 5.12. The minimum absolute atomic E-state index is 0.483. The first-order valence-electron chi connectivity index (χ1n) is 6.47. The Balaban J connectivity index is 2.46. The lowest BCUT2D eigenvalue weighted by Crippen LogP contribution is -2.40. The van der Waals surface area contributed by atoms with Gasteiger partial charge in [-0.3, -0.25) is 0 Å². The van der Waals surface area contributed by atoms with Gasteiger partial charge in [-0.1, -0.05) is 27.2 Å². The lowest BCUT2D eigenvalue weighted by molar-refractivity contribution is -0.0411. The summed E-state index contributed by atoms with van der Waals surface area (Å²) in [7, 11) is 2.10. The van der Waals surface area contributed by atoms with Crippen LogP contribution in [-0.4, -0.2) is 25.8 Å². The molecule has 3 unspecified atom stereocenters. The van der Waals surface area contributed by atoms with Crippen LogP contribution >= 0.6 is 0 Å². The van der Waals surface area contributed by atoms with Gasteiger partial charge in [0.25, 0.3) is 0 Å². The molecular formula is C13H27NO. The zero-order valence-electron chi connectivity index (χ0n) is 10.8. The molecule has 2 nitrogen and oxygen atoms in total. The van der Waals surface area contributed by atoms with Crippen molar-refractivity contribution in [3.8, 4) is 0 Å². The second kappa shape index (κ2) is 6.49. The summed E-state index contributed by atoms with van der Waals surface area (Å²) in [6.45, 7) is 7.75. The molecule has 1 rings (SSSR count). The average molecular weight is 213 g/mol. The Morgan fingerprint density at radius 1 is 1.40 bits per heavy atom. The molecule has 1 fully saturated rings. The average Bonchev–Trinajstić information content (AvgIpc) is 2.26. The molecule has 0 bridgehead atoms. The molecule has 3 atom stereocenters. The third-order valence-electron chi connectivity index (χ3n) is 3.64. The number of hydrogen-bond acceptors (Lipinski definition) is 2. The second-order valence-electron chi connectivity index (χ2n) is 5.12. The molecule has 0 aliphatic carbocycles. The van der Waals surface area contributed by atoms with Crippen LogP contribution in [-0.2, 0) is 4.74 Å². The summed E-state index contributed by atoms with van der Waals surface area (Å²) >= 11 is 0. The molecular weight excluding hydrogens is 186 g/mol. The summed E-state index contributed by atoms with van der Waals surface area (Å²) in [4.78, 5) is 0. The van der Waals surface area contributed by atoms with Gasteiger partial charge in [-0.15, -0.1) is 0 Å². The van der Waals surface area contributed by atoms with Crippen LogP contribution in [0, 0.1) is 11.8 Å². The van der Waals surface area contributed by atoms with Crippen LogP contribution in [0.5, 0.6) is 0 Å². The van der Waals surface area contributed by atoms with Crippen LogP contribution < -0.4 is 5.32 Å². The summed E-state index contributed by atoms with van der Waals surface area (Å²) in [5, 5.41) is 3.48. The van der Waals surface area contributed by atoms with Crippen LogP contribution in [0.1, 0.15) is 46.5 Å². The Morgan fingerprint density at radius 2 is 2.13 bits per heavy atom. The number of rotatable bonds is 5. The van der Waals surface area contributed by atoms with E-state index in [1.165, 1.54) is 25.7 Å². The maximum Gasteiger partial charge on any atom is 0.0601 e. The standard InChI is InChI=1S/C13H27NO/c1-5-6-12(14-4)11-7-8-15-13(9-11)10(2)3/h10-14H,5-9H2,1-4H3. The van der Waals surface area contributed by atoms with Crippen LogP contribution in [0.15, 0.2) is 0 Å². The first kappa shape index (κ1) is 13.0. The van der Waals surface area contributed by atoms with E-state index in [0.717, 1.165) is 12.5 Å². The van der Waals surface area contributed by atoms with Crippen molar-refractivity contribution in [1.82, 2.24) is 5.32 Å². The van der Waals surface area contributed by atoms with Crippen LogP contribution in [0.25, 0.3) is 0 Å². The van der Waals surface area contributed by atoms with Gasteiger partial charge in [-0.2, -0.15) is 0 Å². The molecule has 1 saturated heterocycles. The first-order valence-corrected chi connectivity index (χ1v) is 6.47. The SMILES string of the molecule is CCCC(NC)C1CCOC(C(C)C)C1. The summed E-state index contributed by atoms with van der Waals surface area (Å²) in [5.41, 5.74) is 0. The minimum atomic E-state index is 0.483. The highest BCUT2D eigenvalue weighted by molar-refractivity contribution is 4.82. The predicted molar refractivity (Wildman–Crippen MR) is 65.1 cm³/mol. The van der Waals surface area contributed by atoms with Gasteiger partial charge in [0.2, 0.25) is 0 Å². The lowest BCUT2D eigenvalue weighted by atomic mass is 9.83. The molecule has 15 heavy (non-hydrogen) atoms. The molecule has 0 aromatic carbocycles. The molecule has 0 amide bonds. The van der Waals surface area contributed by atoms with Gasteiger partial charge in [0, 0.05) is 12.6 Å². The van der Waals surface area contributed by atoms with E-state index in [9.17, 15) is 0 Å². The molecule has 0 radical (unpaired) electrons. The van der Waals surface area contributed by atoms with Gasteiger partial charge >= 0.3 is 0 Å². The third kappa shape index (κ3) is 3.76. The van der Waals surface area contributed by atoms with E-state index in [4.69, 9.17) is 4.74 Å². The third-order valence-corrected chi connectivity index (χ3v) is 3.64. The van der Waals surface area contributed by atoms with Gasteiger partial charge in [-0.25, -0.2) is 0 Å². The van der Waals surface area contributed by atoms with Gasteiger partial charge in [0.1, 0.15) is 0 Å². The summed E-state index contributed by atoms with van der Waals surface area (Å²) in [6, 6.07) is 0.695. The molecule has 0 spiro atoms. The van der Waals surface area contributed by atoms with Gasteiger partial charge in [0.15, 0.2) is 0 Å². The van der Waals surface area contributed by atoms with Crippen molar-refractivity contribution >= 4 is 0 Å². The van der Waals surface area contributed by atoms with E-state index >= 15 is 0 Å². The molecule has 1 aliphatic rings. The normalized spacial score (nSPS) is 29.4. The smallest absolute Gasteiger partial charge is 0.0601 e. The Bertz CT molecular complexity index is 170. The maximum absolute atomic E-state index is 5.81. The van der Waals surface area contributed by atoms with E-state index < -0.39 is 0 Å². The predicted octanol–water partition coefficient (Wildman–Crippen LogP) is 2.83. The number of ether oxygens (including phenoxy) is 1. The van der Waals surface area contributed by atoms with E-state index in [2.05, 4.69) is 33.1 Å². The fourth-order valence-corrected chi connectivity index (χ4v) is 2.61. The highest BCUT2D eigenvalue weighted by atomic mass is 16.5. The number of nitrogens with one attached hydrogen (secondary N) is 1. The maximum atomic E-state index is 5.81. The molecule has 0 aromatic rings. The molecule has 1 aliphatic heterocycles. The fourth-order valence-electron chi connectivity index (χ4n) is 2.61. The van der Waals surface area contributed by atoms with Crippen molar-refractivity contribution in [2.45, 2.75) is 58.6 Å². The van der Waals surface area contributed by atoms with E-state index in [1.54, 1.807) is 0 Å². The van der Waals surface area contributed by atoms with Crippen LogP contribution in [0.4, 0.5) is 0 Å². The van der Waals surface area contributed by atoms with E-state index in [1.807, 2.05) is 0 Å². The molecule has 0 aromatic heterocycles. The lowest BCUT2D eigenvalue weighted by Gasteiger charge is -2.36. The van der Waals surface area contributed by atoms with Crippen molar-refractivity contribution in [1.29, 1.82) is 0 Å². The van der Waals surface area contributed by atoms with Crippen molar-refractivity contribution in [2.75, 3.05) is 13.7 Å². The van der Waals surface area contributed by atoms with Gasteiger partial charge in [-0.05, 0) is 38.1 Å². The van der Waals surface area contributed by atoms with Crippen LogP contribution in [0.3, 0.4) is 0 Å². The summed E-state index contributed by atoms with van der Waals surface area (Å²) in [5.74, 6) is 1.48. The molecule has 90 valence electrons. The summed E-state index contributed by atoms with van der Waals surface area (Å²) < 4.78 is 5.81. The molecule has 2 heteroatoms. The minimum Gasteiger partial charge on any atom is -0.378 e.